The van der Waals surface area contributed by atoms with Gasteiger partial charge in [-0.3, -0.25) is 14.5 Å². The van der Waals surface area contributed by atoms with Crippen molar-refractivity contribution in [2.45, 2.75) is 22.7 Å². The summed E-state index contributed by atoms with van der Waals surface area (Å²) in [6.07, 6.45) is 0. The van der Waals surface area contributed by atoms with E-state index in [0.29, 0.717) is 55.1 Å². The molecular formula is C35H27Cl2N3O6S2. The van der Waals surface area contributed by atoms with Gasteiger partial charge in [0.15, 0.2) is 15.8 Å². The van der Waals surface area contributed by atoms with Gasteiger partial charge in [-0.15, -0.1) is 10.2 Å². The van der Waals surface area contributed by atoms with Crippen LogP contribution in [0.2, 0.25) is 10.0 Å². The fraction of sp³-hybridized carbons (Fsp3) is 0.143. The number of hydrogen-bond donors (Lipinski definition) is 1. The van der Waals surface area contributed by atoms with E-state index in [2.05, 4.69) is 10.2 Å². The number of aromatic nitrogens is 2. The van der Waals surface area contributed by atoms with E-state index in [0.717, 1.165) is 22.5 Å². The number of rotatable bonds is 11. The molecule has 0 bridgehead atoms. The first-order valence-electron chi connectivity index (χ1n) is 14.5. The van der Waals surface area contributed by atoms with Crippen molar-refractivity contribution in [1.29, 1.82) is 0 Å². The molecule has 5 aromatic rings. The van der Waals surface area contributed by atoms with Gasteiger partial charge in [-0.25, -0.2) is 0 Å². The van der Waals surface area contributed by atoms with E-state index in [1.807, 2.05) is 36.4 Å². The highest BCUT2D eigenvalue weighted by Gasteiger charge is 2.48. The van der Waals surface area contributed by atoms with Crippen molar-refractivity contribution in [2.24, 2.45) is 0 Å². The third kappa shape index (κ3) is 7.00. The quantitative estimate of drug-likeness (QED) is 0.0473. The van der Waals surface area contributed by atoms with E-state index in [1.54, 1.807) is 54.6 Å². The molecular weight excluding hydrogens is 693 g/mol. The van der Waals surface area contributed by atoms with Crippen LogP contribution in [-0.2, 0) is 21.9 Å². The molecule has 1 saturated heterocycles. The van der Waals surface area contributed by atoms with Crippen LogP contribution in [-0.4, -0.2) is 41.2 Å². The van der Waals surface area contributed by atoms with Crippen molar-refractivity contribution in [3.63, 3.8) is 0 Å². The van der Waals surface area contributed by atoms with E-state index in [-0.39, 0.29) is 16.5 Å². The van der Waals surface area contributed by atoms with Crippen LogP contribution in [0.4, 0.5) is 5.13 Å². The fourth-order valence-corrected chi connectivity index (χ4v) is 7.52. The van der Waals surface area contributed by atoms with E-state index in [9.17, 15) is 14.7 Å². The van der Waals surface area contributed by atoms with Gasteiger partial charge in [-0.1, -0.05) is 88.8 Å². The number of ether oxygens (including phenoxy) is 3. The molecule has 1 N–H and O–H groups in total. The minimum absolute atomic E-state index is 0.109. The van der Waals surface area contributed by atoms with Crippen molar-refractivity contribution in [3.05, 3.63) is 129 Å². The molecule has 13 heteroatoms. The number of anilines is 1. The molecule has 0 saturated carbocycles. The number of nitrogens with zero attached hydrogens (tertiary/aromatic N) is 3. The van der Waals surface area contributed by atoms with Gasteiger partial charge in [-0.05, 0) is 65.2 Å². The number of Topliss-reactive ketones (excluding diaryl/α,β-unsaturated/α-hetero) is 1. The van der Waals surface area contributed by atoms with Crippen LogP contribution in [0, 0.1) is 0 Å². The first-order valence-corrected chi connectivity index (χ1v) is 17.0. The molecule has 1 unspecified atom stereocenters. The Morgan fingerprint density at radius 3 is 2.40 bits per heavy atom. The molecule has 4 aromatic carbocycles. The predicted octanol–water partition coefficient (Wildman–Crippen LogP) is 8.36. The average molecular weight is 721 g/mol. The lowest BCUT2D eigenvalue weighted by Crippen LogP contribution is -2.29. The minimum Gasteiger partial charge on any atom is -0.507 e. The SMILES string of the molecule is COc1ccc(/C(O)=C2/C(=O)C(=O)N(c3nnc(SCc4ccc(Cl)cc4Cl)s3)C2c2ccc(OCc3ccccc3)c(OC)c2)cc1. The van der Waals surface area contributed by atoms with Crippen LogP contribution >= 0.6 is 46.3 Å². The summed E-state index contributed by atoms with van der Waals surface area (Å²) in [5, 5.41) is 21.4. The molecule has 0 aliphatic carbocycles. The standard InChI is InChI=1S/C35H27Cl2N3O6S2/c1-44-25-13-9-21(10-14-25)31(41)29-30(22-11-15-27(28(16-22)45-2)46-18-20-6-4-3-5-7-20)40(33(43)32(29)42)34-38-39-35(48-34)47-19-23-8-12-24(36)17-26(23)37/h3-17,30,41H,18-19H2,1-2H3/b31-29-. The van der Waals surface area contributed by atoms with Gasteiger partial charge < -0.3 is 19.3 Å². The molecule has 2 heterocycles. The third-order valence-corrected chi connectivity index (χ3v) is 10.2. The number of halogens is 2. The predicted molar refractivity (Wildman–Crippen MR) is 187 cm³/mol. The first kappa shape index (κ1) is 33.4. The van der Waals surface area contributed by atoms with Crippen molar-refractivity contribution >= 4 is 68.9 Å². The van der Waals surface area contributed by atoms with Crippen LogP contribution in [0.15, 0.2) is 101 Å². The maximum Gasteiger partial charge on any atom is 0.301 e. The third-order valence-electron chi connectivity index (χ3n) is 7.52. The van der Waals surface area contributed by atoms with Gasteiger partial charge in [0.2, 0.25) is 5.13 Å². The van der Waals surface area contributed by atoms with E-state index < -0.39 is 17.7 Å². The summed E-state index contributed by atoms with van der Waals surface area (Å²) in [6.45, 7) is 0.305. The van der Waals surface area contributed by atoms with Gasteiger partial charge in [0, 0.05) is 21.4 Å². The van der Waals surface area contributed by atoms with Crippen molar-refractivity contribution in [1.82, 2.24) is 10.2 Å². The molecule has 0 radical (unpaired) electrons. The number of methoxy groups -OCH3 is 2. The molecule has 1 amide bonds. The largest absolute Gasteiger partial charge is 0.507 e. The molecule has 1 aliphatic rings. The molecule has 1 atom stereocenters. The number of aliphatic hydroxyl groups excluding tert-OH is 1. The minimum atomic E-state index is -1.05. The molecule has 0 spiro atoms. The molecule has 6 rings (SSSR count). The Morgan fingerprint density at radius 1 is 0.917 bits per heavy atom. The maximum atomic E-state index is 13.7. The Hall–Kier alpha value is -4.55. The van der Waals surface area contributed by atoms with E-state index in [1.165, 1.54) is 30.9 Å². The van der Waals surface area contributed by atoms with Crippen LogP contribution in [0.3, 0.4) is 0 Å². The Kier molecular flexibility index (Phi) is 10.2. The lowest BCUT2D eigenvalue weighted by atomic mass is 9.95. The number of thioether (sulfide) groups is 1. The average Bonchev–Trinajstić information content (AvgIpc) is 3.68. The summed E-state index contributed by atoms with van der Waals surface area (Å²) in [4.78, 5) is 28.7. The molecule has 1 aliphatic heterocycles. The van der Waals surface area contributed by atoms with Gasteiger partial charge in [0.05, 0.1) is 25.8 Å². The monoisotopic (exact) mass is 719 g/mol. The van der Waals surface area contributed by atoms with Crippen molar-refractivity contribution in [2.75, 3.05) is 19.1 Å². The number of carbonyl (C=O) groups is 2. The maximum absolute atomic E-state index is 13.7. The van der Waals surface area contributed by atoms with Gasteiger partial charge in [0.25, 0.3) is 5.78 Å². The van der Waals surface area contributed by atoms with Crippen LogP contribution in [0.5, 0.6) is 17.2 Å². The van der Waals surface area contributed by atoms with E-state index in [4.69, 9.17) is 37.4 Å². The molecule has 9 nitrogen and oxygen atoms in total. The number of hydrogen-bond acceptors (Lipinski definition) is 10. The summed E-state index contributed by atoms with van der Waals surface area (Å²) in [5.41, 5.74) is 2.54. The normalized spacial score (nSPS) is 15.5. The second-order valence-corrected chi connectivity index (χ2v) is 13.5. The van der Waals surface area contributed by atoms with Crippen molar-refractivity contribution in [3.8, 4) is 17.2 Å². The fourth-order valence-electron chi connectivity index (χ4n) is 5.09. The molecule has 1 fully saturated rings. The van der Waals surface area contributed by atoms with Gasteiger partial charge >= 0.3 is 5.91 Å². The zero-order valence-electron chi connectivity index (χ0n) is 25.6. The van der Waals surface area contributed by atoms with E-state index >= 15 is 0 Å². The van der Waals surface area contributed by atoms with Gasteiger partial charge in [0.1, 0.15) is 18.1 Å². The second-order valence-electron chi connectivity index (χ2n) is 10.5. The van der Waals surface area contributed by atoms with Crippen LogP contribution in [0.25, 0.3) is 5.76 Å². The highest BCUT2D eigenvalue weighted by Crippen LogP contribution is 2.46. The topological polar surface area (TPSA) is 111 Å². The number of carbonyl (C=O) groups excluding carboxylic acids is 2. The Bertz CT molecular complexity index is 2000. The zero-order chi connectivity index (χ0) is 33.8. The molecule has 1 aromatic heterocycles. The number of amides is 1. The number of aliphatic hydroxyl groups is 1. The highest BCUT2D eigenvalue weighted by atomic mass is 35.5. The van der Waals surface area contributed by atoms with Crippen LogP contribution < -0.4 is 19.1 Å². The summed E-state index contributed by atoms with van der Waals surface area (Å²) in [6, 6.07) is 25.5. The lowest BCUT2D eigenvalue weighted by Gasteiger charge is -2.23. The lowest BCUT2D eigenvalue weighted by molar-refractivity contribution is -0.132. The first-order chi connectivity index (χ1) is 23.3. The highest BCUT2D eigenvalue weighted by molar-refractivity contribution is 8.00. The zero-order valence-corrected chi connectivity index (χ0v) is 28.7. The summed E-state index contributed by atoms with van der Waals surface area (Å²) >= 11 is 14.9. The molecule has 48 heavy (non-hydrogen) atoms. The summed E-state index contributed by atoms with van der Waals surface area (Å²) in [5.74, 6) is -0.173. The van der Waals surface area contributed by atoms with Crippen LogP contribution in [0.1, 0.15) is 28.3 Å². The van der Waals surface area contributed by atoms with Gasteiger partial charge in [-0.2, -0.15) is 0 Å². The smallest absolute Gasteiger partial charge is 0.301 e. The Morgan fingerprint density at radius 2 is 1.69 bits per heavy atom. The number of ketones is 1. The Balaban J connectivity index is 1.38. The molecule has 244 valence electrons. The second kappa shape index (κ2) is 14.7. The Labute approximate surface area is 294 Å². The van der Waals surface area contributed by atoms with Crippen molar-refractivity contribution < 1.29 is 28.9 Å². The summed E-state index contributed by atoms with van der Waals surface area (Å²) < 4.78 is 17.5. The summed E-state index contributed by atoms with van der Waals surface area (Å²) in [7, 11) is 3.03. The number of benzene rings is 4.